The second kappa shape index (κ2) is 10.1. The number of nitrogens with one attached hydrogen (secondary N) is 2. The van der Waals surface area contributed by atoms with Crippen molar-refractivity contribution in [1.29, 1.82) is 0 Å². The molecule has 3 heterocycles. The lowest BCUT2D eigenvalue weighted by Gasteiger charge is -2.26. The molecule has 6 rings (SSSR count). The van der Waals surface area contributed by atoms with E-state index in [1.165, 1.54) is 10.6 Å². The topological polar surface area (TPSA) is 115 Å². The van der Waals surface area contributed by atoms with Crippen LogP contribution in [-0.4, -0.2) is 41.7 Å². The second-order valence-corrected chi connectivity index (χ2v) is 12.7. The molecule has 12 heteroatoms. The molecule has 2 N–H and O–H groups in total. The highest BCUT2D eigenvalue weighted by atomic mass is 32.2. The van der Waals surface area contributed by atoms with E-state index in [1.807, 2.05) is 6.07 Å². The molecule has 3 aliphatic rings. The number of anilines is 3. The molecule has 2 aromatic heterocycles. The van der Waals surface area contributed by atoms with Crippen LogP contribution in [0.15, 0.2) is 29.2 Å². The van der Waals surface area contributed by atoms with E-state index < -0.39 is 28.3 Å². The molecular weight excluding hydrogens is 528 g/mol. The number of fused-ring (bicyclic) bond motifs is 1. The summed E-state index contributed by atoms with van der Waals surface area (Å²) in [5.74, 6) is -0.272. The van der Waals surface area contributed by atoms with Crippen LogP contribution in [0.5, 0.6) is 0 Å². The van der Waals surface area contributed by atoms with Gasteiger partial charge in [-0.1, -0.05) is 12.5 Å². The molecule has 1 unspecified atom stereocenters. The van der Waals surface area contributed by atoms with E-state index in [9.17, 15) is 22.0 Å². The number of benzene rings is 1. The quantitative estimate of drug-likeness (QED) is 0.357. The first-order valence-corrected chi connectivity index (χ1v) is 15.3. The molecule has 1 saturated heterocycles. The predicted molar refractivity (Wildman–Crippen MR) is 142 cm³/mol. The van der Waals surface area contributed by atoms with E-state index in [0.29, 0.717) is 24.6 Å². The van der Waals surface area contributed by atoms with Crippen LogP contribution in [-0.2, 0) is 19.4 Å². The van der Waals surface area contributed by atoms with Gasteiger partial charge >= 0.3 is 0 Å². The molecule has 0 bridgehead atoms. The number of pyridine rings is 1. The number of aromatic nitrogens is 3. The number of nitrogens with zero attached hydrogens (tertiary/aromatic N) is 3. The van der Waals surface area contributed by atoms with Gasteiger partial charge in [-0.2, -0.15) is 0 Å². The number of hydrogen-bond donors (Lipinski definition) is 2. The van der Waals surface area contributed by atoms with Crippen LogP contribution in [0, 0.1) is 5.92 Å². The fourth-order valence-electron chi connectivity index (χ4n) is 5.27. The smallest absolute Gasteiger partial charge is 0.295 e. The average molecular weight is 560 g/mol. The molecular formula is C27H31F2N5O4S. The van der Waals surface area contributed by atoms with Crippen molar-refractivity contribution in [3.8, 4) is 0 Å². The maximum Gasteiger partial charge on any atom is 0.295 e. The van der Waals surface area contributed by atoms with Gasteiger partial charge in [-0.15, -0.1) is 0 Å². The van der Waals surface area contributed by atoms with Crippen molar-refractivity contribution in [2.45, 2.75) is 74.8 Å². The van der Waals surface area contributed by atoms with Crippen LogP contribution in [0.3, 0.4) is 0 Å². The van der Waals surface area contributed by atoms with Gasteiger partial charge in [0.25, 0.3) is 6.43 Å². The summed E-state index contributed by atoms with van der Waals surface area (Å²) in [5.41, 5.74) is 1.81. The van der Waals surface area contributed by atoms with Crippen molar-refractivity contribution < 1.29 is 26.7 Å². The molecule has 9 nitrogen and oxygen atoms in total. The summed E-state index contributed by atoms with van der Waals surface area (Å²) in [4.78, 5) is 21.5. The van der Waals surface area contributed by atoms with Gasteiger partial charge < -0.3 is 15.4 Å². The fraction of sp³-hybridized carbons (Fsp3) is 0.519. The van der Waals surface area contributed by atoms with Gasteiger partial charge in [-0.25, -0.2) is 27.2 Å². The van der Waals surface area contributed by atoms with E-state index in [1.54, 1.807) is 12.1 Å². The predicted octanol–water partition coefficient (Wildman–Crippen LogP) is 5.83. The molecule has 0 radical (unpaired) electrons. The van der Waals surface area contributed by atoms with Gasteiger partial charge in [0.2, 0.25) is 5.91 Å². The lowest BCUT2D eigenvalue weighted by molar-refractivity contribution is -0.117. The van der Waals surface area contributed by atoms with Crippen molar-refractivity contribution in [1.82, 2.24) is 14.5 Å². The molecule has 1 atom stereocenters. The monoisotopic (exact) mass is 559 g/mol. The zero-order valence-corrected chi connectivity index (χ0v) is 22.4. The Kier molecular flexibility index (Phi) is 6.78. The molecule has 208 valence electrons. The van der Waals surface area contributed by atoms with Gasteiger partial charge in [-0.3, -0.25) is 9.36 Å². The number of halogens is 2. The van der Waals surface area contributed by atoms with E-state index in [-0.39, 0.29) is 39.4 Å². The Morgan fingerprint density at radius 2 is 1.85 bits per heavy atom. The summed E-state index contributed by atoms with van der Waals surface area (Å²) in [6, 6.07) is 6.81. The normalized spacial score (nSPS) is 20.3. The highest BCUT2D eigenvalue weighted by Gasteiger charge is 2.32. The molecule has 2 aliphatic carbocycles. The van der Waals surface area contributed by atoms with Crippen molar-refractivity contribution in [3.63, 3.8) is 0 Å². The van der Waals surface area contributed by atoms with Crippen LogP contribution in [0.2, 0.25) is 0 Å². The largest absolute Gasteiger partial charge is 0.358 e. The van der Waals surface area contributed by atoms with Crippen LogP contribution in [0.25, 0.3) is 11.2 Å². The number of carbonyl (C=O) groups is 1. The molecule has 3 aromatic rings. The maximum atomic E-state index is 14.2. The first-order valence-electron chi connectivity index (χ1n) is 13.4. The summed E-state index contributed by atoms with van der Waals surface area (Å²) < 4.78 is 61.2. The number of imidazole rings is 1. The number of rotatable bonds is 8. The summed E-state index contributed by atoms with van der Waals surface area (Å²) >= 11 is 0. The Balaban J connectivity index is 1.49. The van der Waals surface area contributed by atoms with Crippen molar-refractivity contribution >= 4 is 44.1 Å². The van der Waals surface area contributed by atoms with Gasteiger partial charge in [0.15, 0.2) is 21.3 Å². The number of carbonyl (C=O) groups excluding carboxylic acids is 1. The molecule has 39 heavy (non-hydrogen) atoms. The summed E-state index contributed by atoms with van der Waals surface area (Å²) in [6.45, 7) is 0.432. The van der Waals surface area contributed by atoms with Gasteiger partial charge in [0, 0.05) is 24.8 Å². The second-order valence-electron chi connectivity index (χ2n) is 10.7. The zero-order chi connectivity index (χ0) is 27.3. The minimum absolute atomic E-state index is 0.0991. The van der Waals surface area contributed by atoms with Gasteiger partial charge in [0.05, 0.1) is 16.3 Å². The fourth-order valence-corrected chi connectivity index (χ4v) is 6.14. The number of amides is 1. The number of hydrogen-bond acceptors (Lipinski definition) is 7. The minimum Gasteiger partial charge on any atom is -0.358 e. The van der Waals surface area contributed by atoms with E-state index in [0.717, 1.165) is 56.8 Å². The minimum atomic E-state index is -3.63. The molecule has 1 aromatic carbocycles. The van der Waals surface area contributed by atoms with Crippen LogP contribution in [0.1, 0.15) is 81.3 Å². The summed E-state index contributed by atoms with van der Waals surface area (Å²) in [5, 5.41) is 5.93. The van der Waals surface area contributed by atoms with E-state index in [2.05, 4.69) is 20.6 Å². The van der Waals surface area contributed by atoms with Crippen LogP contribution < -0.4 is 10.6 Å². The highest BCUT2D eigenvalue weighted by Crippen LogP contribution is 2.41. The number of alkyl halides is 2. The third-order valence-electron chi connectivity index (χ3n) is 7.76. The van der Waals surface area contributed by atoms with Gasteiger partial charge in [0.1, 0.15) is 17.6 Å². The number of ether oxygens (including phenoxy) is 1. The maximum absolute atomic E-state index is 14.2. The highest BCUT2D eigenvalue weighted by molar-refractivity contribution is 7.90. The molecule has 0 spiro atoms. The van der Waals surface area contributed by atoms with Crippen LogP contribution in [0.4, 0.5) is 26.0 Å². The standard InChI is InChI=1S/C27H31F2N5O4S/c1-39(36,37)20-13-17(15-5-4-6-15)10-11-18(20)30-19-14-21(32-27(35)16-8-9-16)31-25-23(19)33-26(24(28)29)34(25)22-7-2-3-12-38-22/h10-11,13-16,22,24H,2-9,12H2,1H3,(H2,30,31,32,35). The Hall–Kier alpha value is -3.12. The SMILES string of the molecule is CS(=O)(=O)c1cc(C2CCC2)ccc1Nc1cc(NC(=O)C2CC2)nc2c1nc(C(F)F)n2C1CCCCO1. The molecule has 1 aliphatic heterocycles. The van der Waals surface area contributed by atoms with Crippen molar-refractivity contribution in [2.24, 2.45) is 5.92 Å². The van der Waals surface area contributed by atoms with E-state index >= 15 is 0 Å². The Labute approximate surface area is 225 Å². The molecule has 1 amide bonds. The Bertz CT molecular complexity index is 1530. The lowest BCUT2D eigenvalue weighted by atomic mass is 9.80. The average Bonchev–Trinajstić information content (AvgIpc) is 3.64. The number of sulfone groups is 1. The Morgan fingerprint density at radius 3 is 2.46 bits per heavy atom. The zero-order valence-electron chi connectivity index (χ0n) is 21.6. The van der Waals surface area contributed by atoms with Gasteiger partial charge in [-0.05, 0) is 68.6 Å². The third kappa shape index (κ3) is 5.23. The first kappa shape index (κ1) is 26.1. The van der Waals surface area contributed by atoms with E-state index in [4.69, 9.17) is 4.74 Å². The Morgan fingerprint density at radius 1 is 1.05 bits per heavy atom. The summed E-state index contributed by atoms with van der Waals surface area (Å²) in [7, 11) is -3.63. The van der Waals surface area contributed by atoms with Crippen LogP contribution >= 0.6 is 0 Å². The molecule has 2 saturated carbocycles. The third-order valence-corrected chi connectivity index (χ3v) is 8.90. The van der Waals surface area contributed by atoms with Crippen molar-refractivity contribution in [3.05, 3.63) is 35.7 Å². The molecule has 3 fully saturated rings. The lowest BCUT2D eigenvalue weighted by Crippen LogP contribution is -2.21. The first-order chi connectivity index (χ1) is 18.7. The summed E-state index contributed by atoms with van der Waals surface area (Å²) in [6.07, 6.45) is 4.46. The van der Waals surface area contributed by atoms with Crippen molar-refractivity contribution in [2.75, 3.05) is 23.5 Å².